The minimum absolute atomic E-state index is 0.0146. The highest BCUT2D eigenvalue weighted by Crippen LogP contribution is 2.29. The number of carbonyl (C=O) groups is 1. The van der Waals surface area contributed by atoms with E-state index in [1.54, 1.807) is 31.2 Å². The van der Waals surface area contributed by atoms with Gasteiger partial charge in [-0.1, -0.05) is 17.3 Å². The van der Waals surface area contributed by atoms with E-state index in [1.807, 2.05) is 0 Å². The van der Waals surface area contributed by atoms with Gasteiger partial charge in [0.1, 0.15) is 23.8 Å². The molecule has 2 heterocycles. The summed E-state index contributed by atoms with van der Waals surface area (Å²) in [5, 5.41) is 41.5. The zero-order chi connectivity index (χ0) is 32.1. The number of nitro groups is 2. The van der Waals surface area contributed by atoms with Gasteiger partial charge in [-0.25, -0.2) is 10.1 Å². The van der Waals surface area contributed by atoms with Gasteiger partial charge in [-0.15, -0.1) is 5.10 Å². The lowest BCUT2D eigenvalue weighted by Gasteiger charge is -2.11. The molecule has 3 aromatic carbocycles. The number of ether oxygens (including phenoxy) is 2. The number of amides is 1. The number of aromatic nitrogens is 5. The summed E-state index contributed by atoms with van der Waals surface area (Å²) >= 11 is 0. The number of nitrogens with one attached hydrogen (secondary N) is 1. The number of carbonyl (C=O) groups excluding carboxylic acids is 1. The number of anilines is 1. The van der Waals surface area contributed by atoms with Crippen molar-refractivity contribution in [2.75, 3.05) is 12.8 Å². The standard InChI is InChI=1S/C27H22N10O8/c1-15-10-20(7-8-21(15)37(41)42)44-14-18-11-16(6-9-22(18)43-2)13-29-31-27(38)23-24(17-4-3-5-19(12-17)36(39)40)35(34-30-23)26-25(28)32-45-33-26/h3-13H,14H2,1-2H3,(H2,28,32)(H,31,38)/b29-13+. The van der Waals surface area contributed by atoms with Gasteiger partial charge in [0, 0.05) is 34.9 Å². The van der Waals surface area contributed by atoms with Crippen molar-refractivity contribution in [2.45, 2.75) is 13.5 Å². The molecule has 0 spiro atoms. The number of hydrazone groups is 1. The van der Waals surface area contributed by atoms with Crippen LogP contribution in [0, 0.1) is 27.2 Å². The number of hydrogen-bond donors (Lipinski definition) is 2. The molecule has 0 saturated carbocycles. The number of nitrogens with two attached hydrogens (primary N) is 1. The van der Waals surface area contributed by atoms with Crippen LogP contribution in [0.25, 0.3) is 17.1 Å². The maximum absolute atomic E-state index is 13.2. The number of aryl methyl sites for hydroxylation is 1. The minimum atomic E-state index is -0.792. The molecular formula is C27H22N10O8. The molecule has 0 aliphatic carbocycles. The third kappa shape index (κ3) is 6.38. The van der Waals surface area contributed by atoms with E-state index >= 15 is 0 Å². The topological polar surface area (TPSA) is 242 Å². The van der Waals surface area contributed by atoms with Crippen LogP contribution in [0.5, 0.6) is 11.5 Å². The highest BCUT2D eigenvalue weighted by Gasteiger charge is 2.26. The van der Waals surface area contributed by atoms with Crippen molar-refractivity contribution in [3.63, 3.8) is 0 Å². The van der Waals surface area contributed by atoms with Crippen molar-refractivity contribution in [2.24, 2.45) is 5.10 Å². The zero-order valence-corrected chi connectivity index (χ0v) is 23.5. The predicted molar refractivity (Wildman–Crippen MR) is 156 cm³/mol. The van der Waals surface area contributed by atoms with Crippen LogP contribution < -0.4 is 20.6 Å². The Morgan fingerprint density at radius 3 is 2.62 bits per heavy atom. The van der Waals surface area contributed by atoms with Crippen LogP contribution >= 0.6 is 0 Å². The normalized spacial score (nSPS) is 11.0. The molecule has 0 fully saturated rings. The molecule has 18 nitrogen and oxygen atoms in total. The van der Waals surface area contributed by atoms with Crippen molar-refractivity contribution < 1.29 is 28.7 Å². The van der Waals surface area contributed by atoms with Crippen LogP contribution in [0.3, 0.4) is 0 Å². The van der Waals surface area contributed by atoms with Crippen molar-refractivity contribution in [3.8, 4) is 28.6 Å². The Bertz CT molecular complexity index is 1950. The van der Waals surface area contributed by atoms with Gasteiger partial charge >= 0.3 is 0 Å². The third-order valence-corrected chi connectivity index (χ3v) is 6.36. The Morgan fingerprint density at radius 2 is 1.93 bits per heavy atom. The quantitative estimate of drug-likeness (QED) is 0.123. The first-order valence-corrected chi connectivity index (χ1v) is 12.8. The van der Waals surface area contributed by atoms with Crippen molar-refractivity contribution in [3.05, 3.63) is 103 Å². The lowest BCUT2D eigenvalue weighted by Crippen LogP contribution is -2.19. The summed E-state index contributed by atoms with van der Waals surface area (Å²) in [5.74, 6) is -0.0699. The molecular weight excluding hydrogens is 592 g/mol. The molecule has 0 saturated heterocycles. The van der Waals surface area contributed by atoms with E-state index in [4.69, 9.17) is 15.2 Å². The number of nitrogens with zero attached hydrogens (tertiary/aromatic N) is 8. The highest BCUT2D eigenvalue weighted by molar-refractivity contribution is 5.99. The summed E-state index contributed by atoms with van der Waals surface area (Å²) in [6.45, 7) is 1.69. The molecule has 0 aliphatic rings. The number of benzene rings is 3. The Morgan fingerprint density at radius 1 is 1.11 bits per heavy atom. The second kappa shape index (κ2) is 12.7. The van der Waals surface area contributed by atoms with Crippen LogP contribution in [-0.4, -0.2) is 54.4 Å². The minimum Gasteiger partial charge on any atom is -0.496 e. The van der Waals surface area contributed by atoms with Crippen molar-refractivity contribution in [1.29, 1.82) is 0 Å². The molecule has 0 unspecified atom stereocenters. The van der Waals surface area contributed by atoms with E-state index < -0.39 is 15.8 Å². The number of rotatable bonds is 11. The van der Waals surface area contributed by atoms with Gasteiger partial charge < -0.3 is 15.2 Å². The summed E-state index contributed by atoms with van der Waals surface area (Å²) in [7, 11) is 1.50. The Kier molecular flexibility index (Phi) is 8.37. The second-order valence-corrected chi connectivity index (χ2v) is 9.24. The molecule has 5 aromatic rings. The fraction of sp³-hybridized carbons (Fsp3) is 0.111. The van der Waals surface area contributed by atoms with Crippen LogP contribution in [0.15, 0.2) is 70.4 Å². The molecule has 18 heteroatoms. The second-order valence-electron chi connectivity index (χ2n) is 9.24. The van der Waals surface area contributed by atoms with Crippen LogP contribution in [0.4, 0.5) is 17.2 Å². The van der Waals surface area contributed by atoms with Gasteiger partial charge in [0.05, 0.1) is 23.2 Å². The largest absolute Gasteiger partial charge is 0.496 e. The van der Waals surface area contributed by atoms with Crippen molar-refractivity contribution in [1.82, 2.24) is 30.7 Å². The summed E-state index contributed by atoms with van der Waals surface area (Å²) in [6.07, 6.45) is 1.37. The number of methoxy groups -OCH3 is 1. The average Bonchev–Trinajstić information content (AvgIpc) is 3.66. The fourth-order valence-electron chi connectivity index (χ4n) is 4.24. The number of nitro benzene ring substituents is 2. The number of hydrogen-bond acceptors (Lipinski definition) is 14. The van der Waals surface area contributed by atoms with E-state index in [9.17, 15) is 25.0 Å². The molecule has 5 rings (SSSR count). The highest BCUT2D eigenvalue weighted by atomic mass is 16.6. The summed E-state index contributed by atoms with van der Waals surface area (Å²) < 4.78 is 16.9. The fourth-order valence-corrected chi connectivity index (χ4v) is 4.24. The summed E-state index contributed by atoms with van der Waals surface area (Å²) in [6, 6.07) is 15.0. The van der Waals surface area contributed by atoms with E-state index in [0.29, 0.717) is 28.2 Å². The molecule has 228 valence electrons. The zero-order valence-electron chi connectivity index (χ0n) is 23.5. The van der Waals surface area contributed by atoms with E-state index in [-0.39, 0.29) is 46.6 Å². The van der Waals surface area contributed by atoms with E-state index in [0.717, 1.165) is 4.68 Å². The molecule has 1 amide bonds. The number of nitrogen functional groups attached to an aromatic ring is 1. The smallest absolute Gasteiger partial charge is 0.294 e. The molecule has 0 atom stereocenters. The van der Waals surface area contributed by atoms with Gasteiger partial charge in [-0.05, 0) is 53.1 Å². The lowest BCUT2D eigenvalue weighted by atomic mass is 10.1. The molecule has 2 aromatic heterocycles. The first-order valence-electron chi connectivity index (χ1n) is 12.8. The van der Waals surface area contributed by atoms with Crippen LogP contribution in [-0.2, 0) is 6.61 Å². The first kappa shape index (κ1) is 29.8. The molecule has 45 heavy (non-hydrogen) atoms. The monoisotopic (exact) mass is 614 g/mol. The van der Waals surface area contributed by atoms with Crippen LogP contribution in [0.2, 0.25) is 0 Å². The number of non-ortho nitro benzene ring substituents is 1. The molecule has 0 bridgehead atoms. The van der Waals surface area contributed by atoms with E-state index in [1.165, 1.54) is 49.7 Å². The van der Waals surface area contributed by atoms with Crippen molar-refractivity contribution >= 4 is 29.3 Å². The van der Waals surface area contributed by atoms with Gasteiger partial charge in [0.25, 0.3) is 17.3 Å². The average molecular weight is 615 g/mol. The summed E-state index contributed by atoms with van der Waals surface area (Å²) in [4.78, 5) is 34.6. The maximum atomic E-state index is 13.2. The Hall–Kier alpha value is -6.72. The maximum Gasteiger partial charge on any atom is 0.294 e. The van der Waals surface area contributed by atoms with Gasteiger partial charge in [0.15, 0.2) is 5.69 Å². The Labute approximate surface area is 252 Å². The van der Waals surface area contributed by atoms with Gasteiger partial charge in [-0.2, -0.15) is 9.78 Å². The Balaban J connectivity index is 1.36. The molecule has 0 radical (unpaired) electrons. The molecule has 0 aliphatic heterocycles. The molecule has 3 N–H and O–H groups in total. The van der Waals surface area contributed by atoms with E-state index in [2.05, 4.69) is 35.8 Å². The third-order valence-electron chi connectivity index (χ3n) is 6.36. The lowest BCUT2D eigenvalue weighted by molar-refractivity contribution is -0.385. The predicted octanol–water partition coefficient (Wildman–Crippen LogP) is 3.38. The van der Waals surface area contributed by atoms with Gasteiger partial charge in [0.2, 0.25) is 11.6 Å². The van der Waals surface area contributed by atoms with Crippen LogP contribution in [0.1, 0.15) is 27.2 Å². The van der Waals surface area contributed by atoms with Gasteiger partial charge in [-0.3, -0.25) is 25.0 Å². The summed E-state index contributed by atoms with van der Waals surface area (Å²) in [5.41, 5.74) is 9.59. The SMILES string of the molecule is COc1ccc(/C=N/NC(=O)c2nnn(-c3nonc3N)c2-c2cccc([N+](=O)[O-])c2)cc1COc1ccc([N+](=O)[O-])c(C)c1. The first-order chi connectivity index (χ1) is 21.7.